The molecular formula is C6H6NOS. The Bertz CT molecular complexity index is 207. The molecule has 0 aliphatic carbocycles. The molecule has 1 radical (unpaired) electrons. The molecule has 47 valence electrons. The summed E-state index contributed by atoms with van der Waals surface area (Å²) in [4.78, 5) is 0.919. The zero-order valence-electron chi connectivity index (χ0n) is 4.79. The Morgan fingerprint density at radius 2 is 2.67 bits per heavy atom. The number of aromatic hydroxyl groups is 1. The fourth-order valence-electron chi connectivity index (χ4n) is 0.488. The van der Waals surface area contributed by atoms with E-state index in [1.807, 2.05) is 0 Å². The van der Waals surface area contributed by atoms with Crippen LogP contribution in [-0.2, 0) is 6.42 Å². The summed E-state index contributed by atoms with van der Waals surface area (Å²) in [6.07, 6.45) is 2.49. The summed E-state index contributed by atoms with van der Waals surface area (Å²) >= 11 is 1.25. The Balaban J connectivity index is 2.72. The highest BCUT2D eigenvalue weighted by molar-refractivity contribution is 7.05. The fourth-order valence-corrected chi connectivity index (χ4v) is 1.06. The van der Waals surface area contributed by atoms with Crippen LogP contribution in [0.3, 0.4) is 0 Å². The lowest BCUT2D eigenvalue weighted by molar-refractivity contribution is 0.458. The summed E-state index contributed by atoms with van der Waals surface area (Å²) in [5.41, 5.74) is 0. The van der Waals surface area contributed by atoms with Gasteiger partial charge in [0.1, 0.15) is 0 Å². The molecule has 0 saturated carbocycles. The molecule has 0 fully saturated rings. The molecular weight excluding hydrogens is 134 g/mol. The van der Waals surface area contributed by atoms with Crippen LogP contribution in [0.15, 0.2) is 12.7 Å². The lowest BCUT2D eigenvalue weighted by Gasteiger charge is -1.78. The van der Waals surface area contributed by atoms with E-state index < -0.39 is 0 Å². The van der Waals surface area contributed by atoms with Crippen LogP contribution in [0.25, 0.3) is 0 Å². The van der Waals surface area contributed by atoms with E-state index in [1.54, 1.807) is 6.08 Å². The van der Waals surface area contributed by atoms with Crippen LogP contribution in [-0.4, -0.2) is 9.48 Å². The van der Waals surface area contributed by atoms with Crippen LogP contribution in [0.2, 0.25) is 0 Å². The SMILES string of the molecule is C=CCc1[c]c(O)ns1. The minimum absolute atomic E-state index is 0.0168. The smallest absolute Gasteiger partial charge is 0.231 e. The molecule has 0 unspecified atom stereocenters. The van der Waals surface area contributed by atoms with Gasteiger partial charge in [-0.15, -0.1) is 6.58 Å². The molecule has 1 aromatic rings. The number of allylic oxidation sites excluding steroid dienone is 1. The predicted molar refractivity (Wildman–Crippen MR) is 36.5 cm³/mol. The van der Waals surface area contributed by atoms with Crippen molar-refractivity contribution in [2.24, 2.45) is 0 Å². The Hall–Kier alpha value is -0.830. The number of rotatable bonds is 2. The zero-order valence-corrected chi connectivity index (χ0v) is 5.61. The van der Waals surface area contributed by atoms with Gasteiger partial charge in [-0.25, -0.2) is 0 Å². The fraction of sp³-hybridized carbons (Fsp3) is 0.167. The third-order valence-electron chi connectivity index (χ3n) is 0.823. The molecule has 0 aromatic carbocycles. The summed E-state index contributed by atoms with van der Waals surface area (Å²) in [5.74, 6) is -0.0168. The highest BCUT2D eigenvalue weighted by Crippen LogP contribution is 2.13. The van der Waals surface area contributed by atoms with E-state index in [4.69, 9.17) is 5.11 Å². The van der Waals surface area contributed by atoms with Crippen molar-refractivity contribution in [1.82, 2.24) is 4.37 Å². The molecule has 0 spiro atoms. The topological polar surface area (TPSA) is 33.1 Å². The Morgan fingerprint density at radius 1 is 1.89 bits per heavy atom. The number of aromatic nitrogens is 1. The molecule has 3 heteroatoms. The van der Waals surface area contributed by atoms with Gasteiger partial charge in [0.15, 0.2) is 0 Å². The van der Waals surface area contributed by atoms with Gasteiger partial charge in [0.25, 0.3) is 0 Å². The van der Waals surface area contributed by atoms with Gasteiger partial charge in [-0.3, -0.25) is 0 Å². The van der Waals surface area contributed by atoms with Crippen molar-refractivity contribution in [3.05, 3.63) is 23.6 Å². The van der Waals surface area contributed by atoms with Crippen molar-refractivity contribution in [1.29, 1.82) is 0 Å². The van der Waals surface area contributed by atoms with E-state index in [0.717, 1.165) is 11.3 Å². The maximum Gasteiger partial charge on any atom is 0.231 e. The Labute approximate surface area is 57.6 Å². The second kappa shape index (κ2) is 2.64. The summed E-state index contributed by atoms with van der Waals surface area (Å²) in [5, 5.41) is 8.69. The number of hydrogen-bond acceptors (Lipinski definition) is 3. The first-order chi connectivity index (χ1) is 4.33. The van der Waals surface area contributed by atoms with Gasteiger partial charge in [-0.05, 0) is 11.5 Å². The van der Waals surface area contributed by atoms with E-state index in [1.165, 1.54) is 11.5 Å². The second-order valence-corrected chi connectivity index (χ2v) is 2.41. The highest BCUT2D eigenvalue weighted by atomic mass is 32.1. The van der Waals surface area contributed by atoms with Crippen molar-refractivity contribution in [2.45, 2.75) is 6.42 Å². The quantitative estimate of drug-likeness (QED) is 0.629. The summed E-state index contributed by atoms with van der Waals surface area (Å²) in [7, 11) is 0. The standard InChI is InChI=1S/C6H6NOS/c1-2-3-5-4-6(8)7-9-5/h2H,1,3H2,(H,7,8). The molecule has 0 atom stereocenters. The van der Waals surface area contributed by atoms with E-state index in [9.17, 15) is 0 Å². The normalized spacial score (nSPS) is 9.33. The van der Waals surface area contributed by atoms with Gasteiger partial charge in [0.2, 0.25) is 5.88 Å². The monoisotopic (exact) mass is 140 g/mol. The summed E-state index contributed by atoms with van der Waals surface area (Å²) < 4.78 is 3.63. The number of nitrogens with zero attached hydrogens (tertiary/aromatic N) is 1. The molecule has 1 N–H and O–H groups in total. The van der Waals surface area contributed by atoms with Gasteiger partial charge in [0.05, 0.1) is 6.07 Å². The molecule has 0 aliphatic heterocycles. The molecule has 1 rings (SSSR count). The third-order valence-corrected chi connectivity index (χ3v) is 1.58. The average Bonchev–Trinajstić information content (AvgIpc) is 2.17. The van der Waals surface area contributed by atoms with Crippen molar-refractivity contribution >= 4 is 11.5 Å². The highest BCUT2D eigenvalue weighted by Gasteiger charge is 1.96. The lowest BCUT2D eigenvalue weighted by Crippen LogP contribution is -1.68. The molecule has 0 bridgehead atoms. The van der Waals surface area contributed by atoms with Gasteiger partial charge in [0, 0.05) is 11.3 Å². The zero-order chi connectivity index (χ0) is 6.69. The molecule has 0 saturated heterocycles. The largest absolute Gasteiger partial charge is 0.492 e. The maximum atomic E-state index is 8.69. The number of hydrogen-bond donors (Lipinski definition) is 1. The Morgan fingerprint density at radius 3 is 3.11 bits per heavy atom. The van der Waals surface area contributed by atoms with Crippen LogP contribution in [0.1, 0.15) is 4.88 Å². The average molecular weight is 140 g/mol. The predicted octanol–water partition coefficient (Wildman–Crippen LogP) is 1.38. The van der Waals surface area contributed by atoms with Crippen molar-refractivity contribution in [3.63, 3.8) is 0 Å². The van der Waals surface area contributed by atoms with Crippen LogP contribution < -0.4 is 0 Å². The maximum absolute atomic E-state index is 8.69. The second-order valence-electron chi connectivity index (χ2n) is 1.55. The Kier molecular flexibility index (Phi) is 1.85. The van der Waals surface area contributed by atoms with Crippen LogP contribution in [0.4, 0.5) is 0 Å². The van der Waals surface area contributed by atoms with Crippen LogP contribution >= 0.6 is 11.5 Å². The lowest BCUT2D eigenvalue weighted by atomic mass is 10.3. The molecule has 9 heavy (non-hydrogen) atoms. The van der Waals surface area contributed by atoms with Gasteiger partial charge >= 0.3 is 0 Å². The van der Waals surface area contributed by atoms with E-state index >= 15 is 0 Å². The van der Waals surface area contributed by atoms with E-state index in [0.29, 0.717) is 0 Å². The molecule has 1 aromatic heterocycles. The van der Waals surface area contributed by atoms with Gasteiger partial charge in [-0.1, -0.05) is 6.08 Å². The van der Waals surface area contributed by atoms with E-state index in [2.05, 4.69) is 17.0 Å². The van der Waals surface area contributed by atoms with E-state index in [-0.39, 0.29) is 5.88 Å². The third kappa shape index (κ3) is 1.54. The summed E-state index contributed by atoms with van der Waals surface area (Å²) in [6, 6.07) is 2.67. The molecule has 0 aliphatic rings. The molecule has 1 heterocycles. The van der Waals surface area contributed by atoms with Crippen LogP contribution in [0.5, 0.6) is 5.88 Å². The van der Waals surface area contributed by atoms with Gasteiger partial charge < -0.3 is 5.11 Å². The first-order valence-electron chi connectivity index (χ1n) is 2.50. The minimum Gasteiger partial charge on any atom is -0.492 e. The first kappa shape index (κ1) is 6.29. The van der Waals surface area contributed by atoms with Crippen LogP contribution in [0, 0.1) is 6.07 Å². The van der Waals surface area contributed by atoms with Crippen molar-refractivity contribution in [3.8, 4) is 5.88 Å². The van der Waals surface area contributed by atoms with Gasteiger partial charge in [-0.2, -0.15) is 4.37 Å². The molecule has 2 nitrogen and oxygen atoms in total. The molecule has 0 amide bonds. The summed E-state index contributed by atoms with van der Waals surface area (Å²) in [6.45, 7) is 3.54. The minimum atomic E-state index is -0.0168. The van der Waals surface area contributed by atoms with Crippen molar-refractivity contribution < 1.29 is 5.11 Å². The van der Waals surface area contributed by atoms with Crippen molar-refractivity contribution in [2.75, 3.05) is 0 Å². The first-order valence-corrected chi connectivity index (χ1v) is 3.28.